The average Bonchev–Trinajstić information content (AvgIpc) is 2.63. The summed E-state index contributed by atoms with van der Waals surface area (Å²) in [6, 6.07) is 17.1. The molecule has 1 aliphatic rings. The number of para-hydroxylation sites is 1. The first-order valence-electron chi connectivity index (χ1n) is 7.79. The van der Waals surface area contributed by atoms with E-state index < -0.39 is 0 Å². The highest BCUT2D eigenvalue weighted by Crippen LogP contribution is 2.15. The zero-order valence-corrected chi connectivity index (χ0v) is 14.7. The summed E-state index contributed by atoms with van der Waals surface area (Å²) in [5.74, 6) is -0.206. The molecule has 0 aromatic heterocycles. The first kappa shape index (κ1) is 16.7. The fourth-order valence-corrected chi connectivity index (χ4v) is 3.06. The Bertz CT molecular complexity index is 713. The van der Waals surface area contributed by atoms with E-state index in [0.29, 0.717) is 15.7 Å². The molecular formula is C18H18ClN3OS. The highest BCUT2D eigenvalue weighted by atomic mass is 35.5. The largest absolute Gasteiger partial charge is 0.368 e. The van der Waals surface area contributed by atoms with Gasteiger partial charge in [-0.25, -0.2) is 0 Å². The number of rotatable bonds is 2. The number of piperazine rings is 1. The molecule has 1 heterocycles. The SMILES string of the molecule is O=C(NC(=S)N1CCN(c2ccccc2)CC1)c1ccc(Cl)cc1. The topological polar surface area (TPSA) is 35.6 Å². The molecule has 24 heavy (non-hydrogen) atoms. The number of thiocarbonyl (C=S) groups is 1. The molecule has 0 spiro atoms. The highest BCUT2D eigenvalue weighted by Gasteiger charge is 2.20. The second-order valence-electron chi connectivity index (χ2n) is 5.58. The predicted octanol–water partition coefficient (Wildman–Crippen LogP) is 3.18. The van der Waals surface area contributed by atoms with Gasteiger partial charge in [0, 0.05) is 42.5 Å². The number of carbonyl (C=O) groups excluding carboxylic acids is 1. The van der Waals surface area contributed by atoms with Crippen molar-refractivity contribution in [2.45, 2.75) is 0 Å². The molecule has 0 radical (unpaired) electrons. The first-order valence-corrected chi connectivity index (χ1v) is 8.58. The summed E-state index contributed by atoms with van der Waals surface area (Å²) in [4.78, 5) is 16.6. The summed E-state index contributed by atoms with van der Waals surface area (Å²) in [5, 5.41) is 3.87. The number of amides is 1. The molecule has 1 N–H and O–H groups in total. The van der Waals surface area contributed by atoms with Gasteiger partial charge >= 0.3 is 0 Å². The van der Waals surface area contributed by atoms with E-state index in [-0.39, 0.29) is 5.91 Å². The smallest absolute Gasteiger partial charge is 0.257 e. The highest BCUT2D eigenvalue weighted by molar-refractivity contribution is 7.80. The molecule has 0 atom stereocenters. The molecule has 1 amide bonds. The number of hydrogen-bond donors (Lipinski definition) is 1. The standard InChI is InChI=1S/C18H18ClN3OS/c19-15-8-6-14(7-9-15)17(23)20-18(24)22-12-10-21(11-13-22)16-4-2-1-3-5-16/h1-9H,10-13H2,(H,20,23,24). The van der Waals surface area contributed by atoms with Crippen LogP contribution in [0.3, 0.4) is 0 Å². The van der Waals surface area contributed by atoms with Crippen LogP contribution in [0.4, 0.5) is 5.69 Å². The van der Waals surface area contributed by atoms with Crippen LogP contribution in [0.5, 0.6) is 0 Å². The van der Waals surface area contributed by atoms with Crippen molar-refractivity contribution in [1.82, 2.24) is 10.2 Å². The Balaban J connectivity index is 1.53. The van der Waals surface area contributed by atoms with Crippen molar-refractivity contribution in [1.29, 1.82) is 0 Å². The monoisotopic (exact) mass is 359 g/mol. The van der Waals surface area contributed by atoms with Gasteiger partial charge in [-0.1, -0.05) is 29.8 Å². The second kappa shape index (κ2) is 7.64. The molecule has 4 nitrogen and oxygen atoms in total. The van der Waals surface area contributed by atoms with E-state index in [9.17, 15) is 4.79 Å². The Morgan fingerprint density at radius 1 is 0.958 bits per heavy atom. The van der Waals surface area contributed by atoms with Crippen LogP contribution in [0.15, 0.2) is 54.6 Å². The van der Waals surface area contributed by atoms with E-state index in [2.05, 4.69) is 22.3 Å². The van der Waals surface area contributed by atoms with Crippen LogP contribution in [0.1, 0.15) is 10.4 Å². The van der Waals surface area contributed by atoms with Crippen molar-refractivity contribution < 1.29 is 4.79 Å². The summed E-state index contributed by atoms with van der Waals surface area (Å²) in [6.45, 7) is 3.32. The summed E-state index contributed by atoms with van der Waals surface area (Å²) in [7, 11) is 0. The first-order chi connectivity index (χ1) is 11.6. The third kappa shape index (κ3) is 4.04. The molecule has 0 aliphatic carbocycles. The maximum absolute atomic E-state index is 12.2. The van der Waals surface area contributed by atoms with E-state index in [4.69, 9.17) is 23.8 Å². The van der Waals surface area contributed by atoms with E-state index >= 15 is 0 Å². The lowest BCUT2D eigenvalue weighted by Crippen LogP contribution is -2.52. The minimum absolute atomic E-state index is 0.206. The van der Waals surface area contributed by atoms with Crippen LogP contribution in [0, 0.1) is 0 Å². The Kier molecular flexibility index (Phi) is 5.33. The molecule has 0 unspecified atom stereocenters. The van der Waals surface area contributed by atoms with Crippen molar-refractivity contribution in [3.05, 3.63) is 65.2 Å². The Morgan fingerprint density at radius 3 is 2.21 bits per heavy atom. The Morgan fingerprint density at radius 2 is 1.58 bits per heavy atom. The van der Waals surface area contributed by atoms with Crippen LogP contribution in [0.25, 0.3) is 0 Å². The van der Waals surface area contributed by atoms with Gasteiger partial charge in [-0.05, 0) is 48.6 Å². The number of halogens is 1. The Labute approximate surface area is 152 Å². The molecule has 3 rings (SSSR count). The van der Waals surface area contributed by atoms with Gasteiger partial charge in [0.05, 0.1) is 0 Å². The van der Waals surface area contributed by atoms with Crippen LogP contribution in [-0.2, 0) is 0 Å². The van der Waals surface area contributed by atoms with E-state index in [1.165, 1.54) is 5.69 Å². The van der Waals surface area contributed by atoms with Gasteiger partial charge in [0.25, 0.3) is 5.91 Å². The van der Waals surface area contributed by atoms with Gasteiger partial charge < -0.3 is 9.80 Å². The second-order valence-corrected chi connectivity index (χ2v) is 6.40. The van der Waals surface area contributed by atoms with Gasteiger partial charge in [0.1, 0.15) is 0 Å². The molecule has 0 bridgehead atoms. The van der Waals surface area contributed by atoms with E-state index in [1.54, 1.807) is 24.3 Å². The van der Waals surface area contributed by atoms with E-state index in [1.807, 2.05) is 23.1 Å². The predicted molar refractivity (Wildman–Crippen MR) is 102 cm³/mol. The molecule has 124 valence electrons. The number of benzene rings is 2. The summed E-state index contributed by atoms with van der Waals surface area (Å²) < 4.78 is 0. The molecule has 1 aliphatic heterocycles. The maximum Gasteiger partial charge on any atom is 0.257 e. The maximum atomic E-state index is 12.2. The third-order valence-corrected chi connectivity index (χ3v) is 4.63. The van der Waals surface area contributed by atoms with Crippen molar-refractivity contribution in [2.75, 3.05) is 31.1 Å². The van der Waals surface area contributed by atoms with Crippen molar-refractivity contribution >= 4 is 40.5 Å². The van der Waals surface area contributed by atoms with Crippen LogP contribution in [0.2, 0.25) is 5.02 Å². The lowest BCUT2D eigenvalue weighted by Gasteiger charge is -2.37. The van der Waals surface area contributed by atoms with E-state index in [0.717, 1.165) is 26.2 Å². The number of anilines is 1. The number of nitrogens with zero attached hydrogens (tertiary/aromatic N) is 2. The number of hydrogen-bond acceptors (Lipinski definition) is 3. The number of nitrogens with one attached hydrogen (secondary N) is 1. The lowest BCUT2D eigenvalue weighted by atomic mass is 10.2. The zero-order valence-electron chi connectivity index (χ0n) is 13.1. The molecule has 1 saturated heterocycles. The van der Waals surface area contributed by atoms with Gasteiger partial charge in [-0.15, -0.1) is 0 Å². The number of carbonyl (C=O) groups is 1. The van der Waals surface area contributed by atoms with Crippen molar-refractivity contribution in [3.63, 3.8) is 0 Å². The molecule has 2 aromatic carbocycles. The van der Waals surface area contributed by atoms with Gasteiger partial charge in [-0.2, -0.15) is 0 Å². The van der Waals surface area contributed by atoms with Gasteiger partial charge in [-0.3, -0.25) is 10.1 Å². The molecule has 2 aromatic rings. The molecule has 1 fully saturated rings. The molecule has 6 heteroatoms. The van der Waals surface area contributed by atoms with Crippen molar-refractivity contribution in [2.24, 2.45) is 0 Å². The fraction of sp³-hybridized carbons (Fsp3) is 0.222. The molecule has 0 saturated carbocycles. The lowest BCUT2D eigenvalue weighted by molar-refractivity contribution is 0.0973. The van der Waals surface area contributed by atoms with Gasteiger partial charge in [0.15, 0.2) is 5.11 Å². The van der Waals surface area contributed by atoms with Gasteiger partial charge in [0.2, 0.25) is 0 Å². The summed E-state index contributed by atoms with van der Waals surface area (Å²) >= 11 is 11.2. The quantitative estimate of drug-likeness (QED) is 0.835. The van der Waals surface area contributed by atoms with Crippen molar-refractivity contribution in [3.8, 4) is 0 Å². The normalized spacial score (nSPS) is 14.4. The van der Waals surface area contributed by atoms with Crippen LogP contribution in [-0.4, -0.2) is 42.1 Å². The summed E-state index contributed by atoms with van der Waals surface area (Å²) in [5.41, 5.74) is 1.76. The Hall–Kier alpha value is -2.11. The zero-order chi connectivity index (χ0) is 16.9. The van der Waals surface area contributed by atoms with Crippen LogP contribution >= 0.6 is 23.8 Å². The summed E-state index contributed by atoms with van der Waals surface area (Å²) in [6.07, 6.45) is 0. The minimum Gasteiger partial charge on any atom is -0.368 e. The van der Waals surface area contributed by atoms with Crippen LogP contribution < -0.4 is 10.2 Å². The fourth-order valence-electron chi connectivity index (χ4n) is 2.66. The minimum atomic E-state index is -0.206. The molecular weight excluding hydrogens is 342 g/mol. The average molecular weight is 360 g/mol. The third-order valence-electron chi connectivity index (χ3n) is 4.02.